The van der Waals surface area contributed by atoms with Gasteiger partial charge in [-0.25, -0.2) is 9.97 Å². The van der Waals surface area contributed by atoms with Crippen LogP contribution in [0, 0.1) is 0 Å². The summed E-state index contributed by atoms with van der Waals surface area (Å²) in [6.45, 7) is 3.04. The molecule has 0 aromatic carbocycles. The average Bonchev–Trinajstić information content (AvgIpc) is 2.73. The van der Waals surface area contributed by atoms with Crippen LogP contribution in [0.2, 0.25) is 5.15 Å². The fraction of sp³-hybridized carbons (Fsp3) is 0.583. The Morgan fingerprint density at radius 1 is 1.22 bits per heavy atom. The molecule has 0 aliphatic carbocycles. The van der Waals surface area contributed by atoms with Gasteiger partial charge in [0.1, 0.15) is 11.0 Å². The molecule has 0 atom stereocenters. The Balaban J connectivity index is 1.89. The van der Waals surface area contributed by atoms with Crippen LogP contribution in [0.5, 0.6) is 0 Å². The molecule has 5 nitrogen and oxygen atoms in total. The standard InChI is InChI=1S/C12H16ClN5/c1-17-12-9(7-14-17)11(13)15-10(16-12)8-18-5-3-2-4-6-18/h7H,2-6,8H2,1H3. The van der Waals surface area contributed by atoms with Crippen LogP contribution in [0.3, 0.4) is 0 Å². The van der Waals surface area contributed by atoms with Crippen molar-refractivity contribution in [2.75, 3.05) is 13.1 Å². The molecule has 3 rings (SSSR count). The van der Waals surface area contributed by atoms with Crippen molar-refractivity contribution in [1.82, 2.24) is 24.6 Å². The number of aryl methyl sites for hydroxylation is 1. The van der Waals surface area contributed by atoms with Gasteiger partial charge in [0.05, 0.1) is 18.1 Å². The van der Waals surface area contributed by atoms with Crippen molar-refractivity contribution in [3.8, 4) is 0 Å². The lowest BCUT2D eigenvalue weighted by Gasteiger charge is -2.25. The molecule has 0 saturated carbocycles. The number of likely N-dealkylation sites (tertiary alicyclic amines) is 1. The molecule has 0 N–H and O–H groups in total. The minimum Gasteiger partial charge on any atom is -0.296 e. The van der Waals surface area contributed by atoms with Crippen molar-refractivity contribution in [2.24, 2.45) is 7.05 Å². The maximum Gasteiger partial charge on any atom is 0.162 e. The first kappa shape index (κ1) is 11.9. The molecule has 3 heterocycles. The van der Waals surface area contributed by atoms with Crippen LogP contribution in [-0.4, -0.2) is 37.7 Å². The van der Waals surface area contributed by atoms with Crippen molar-refractivity contribution < 1.29 is 0 Å². The predicted octanol–water partition coefficient (Wildman–Crippen LogP) is 2.00. The molecular weight excluding hydrogens is 250 g/mol. The molecular formula is C12H16ClN5. The maximum absolute atomic E-state index is 6.17. The third kappa shape index (κ3) is 2.20. The predicted molar refractivity (Wildman–Crippen MR) is 70.4 cm³/mol. The molecule has 1 aliphatic heterocycles. The van der Waals surface area contributed by atoms with E-state index in [0.29, 0.717) is 5.15 Å². The minimum absolute atomic E-state index is 0.500. The summed E-state index contributed by atoms with van der Waals surface area (Å²) in [6.07, 6.45) is 5.57. The maximum atomic E-state index is 6.17. The number of piperidine rings is 1. The average molecular weight is 266 g/mol. The summed E-state index contributed by atoms with van der Waals surface area (Å²) in [5.41, 5.74) is 0.807. The second-order valence-corrected chi connectivity index (χ2v) is 5.13. The molecule has 0 bridgehead atoms. The fourth-order valence-electron chi connectivity index (χ4n) is 2.42. The highest BCUT2D eigenvalue weighted by Gasteiger charge is 2.14. The van der Waals surface area contributed by atoms with E-state index in [1.165, 1.54) is 19.3 Å². The Labute approximate surface area is 111 Å². The summed E-state index contributed by atoms with van der Waals surface area (Å²) < 4.78 is 1.74. The van der Waals surface area contributed by atoms with Gasteiger partial charge < -0.3 is 0 Å². The van der Waals surface area contributed by atoms with E-state index in [2.05, 4.69) is 20.0 Å². The lowest BCUT2D eigenvalue weighted by molar-refractivity contribution is 0.216. The Hall–Kier alpha value is -1.20. The van der Waals surface area contributed by atoms with Gasteiger partial charge in [-0.2, -0.15) is 5.10 Å². The topological polar surface area (TPSA) is 46.8 Å². The lowest BCUT2D eigenvalue weighted by Crippen LogP contribution is -2.29. The smallest absolute Gasteiger partial charge is 0.162 e. The monoisotopic (exact) mass is 265 g/mol. The molecule has 0 radical (unpaired) electrons. The van der Waals surface area contributed by atoms with Crippen LogP contribution >= 0.6 is 11.6 Å². The van der Waals surface area contributed by atoms with Gasteiger partial charge in [-0.3, -0.25) is 9.58 Å². The zero-order chi connectivity index (χ0) is 12.5. The second-order valence-electron chi connectivity index (χ2n) is 4.77. The van der Waals surface area contributed by atoms with Crippen LogP contribution in [0.1, 0.15) is 25.1 Å². The van der Waals surface area contributed by atoms with Crippen molar-refractivity contribution >= 4 is 22.6 Å². The van der Waals surface area contributed by atoms with Gasteiger partial charge in [-0.05, 0) is 25.9 Å². The van der Waals surface area contributed by atoms with E-state index in [4.69, 9.17) is 11.6 Å². The first-order valence-corrected chi connectivity index (χ1v) is 6.68. The normalized spacial score (nSPS) is 17.4. The fourth-order valence-corrected chi connectivity index (χ4v) is 2.65. The summed E-state index contributed by atoms with van der Waals surface area (Å²) >= 11 is 6.17. The largest absolute Gasteiger partial charge is 0.296 e. The first-order chi connectivity index (χ1) is 8.74. The third-order valence-corrected chi connectivity index (χ3v) is 3.69. The van der Waals surface area contributed by atoms with Crippen LogP contribution in [0.15, 0.2) is 6.20 Å². The van der Waals surface area contributed by atoms with Gasteiger partial charge >= 0.3 is 0 Å². The van der Waals surface area contributed by atoms with Gasteiger partial charge in [-0.1, -0.05) is 18.0 Å². The Morgan fingerprint density at radius 2 is 2.00 bits per heavy atom. The second kappa shape index (κ2) is 4.82. The number of fused-ring (bicyclic) bond motifs is 1. The van der Waals surface area contributed by atoms with Crippen molar-refractivity contribution in [3.05, 3.63) is 17.2 Å². The van der Waals surface area contributed by atoms with E-state index >= 15 is 0 Å². The van der Waals surface area contributed by atoms with E-state index in [1.807, 2.05) is 7.05 Å². The van der Waals surface area contributed by atoms with Crippen LogP contribution in [-0.2, 0) is 13.6 Å². The SMILES string of the molecule is Cn1ncc2c(Cl)nc(CN3CCCCC3)nc21. The number of aromatic nitrogens is 4. The van der Waals surface area contributed by atoms with Crippen molar-refractivity contribution in [3.63, 3.8) is 0 Å². The molecule has 1 saturated heterocycles. The highest BCUT2D eigenvalue weighted by atomic mass is 35.5. The quantitative estimate of drug-likeness (QED) is 0.780. The van der Waals surface area contributed by atoms with Crippen LogP contribution in [0.4, 0.5) is 0 Å². The summed E-state index contributed by atoms with van der Waals surface area (Å²) in [5, 5.41) is 5.48. The van der Waals surface area contributed by atoms with E-state index in [-0.39, 0.29) is 0 Å². The molecule has 2 aromatic rings. The number of nitrogens with zero attached hydrogens (tertiary/aromatic N) is 5. The van der Waals surface area contributed by atoms with Gasteiger partial charge in [0.2, 0.25) is 0 Å². The van der Waals surface area contributed by atoms with E-state index in [1.54, 1.807) is 10.9 Å². The Morgan fingerprint density at radius 3 is 2.78 bits per heavy atom. The minimum atomic E-state index is 0.500. The lowest BCUT2D eigenvalue weighted by atomic mass is 10.1. The van der Waals surface area contributed by atoms with Crippen LogP contribution < -0.4 is 0 Å². The molecule has 0 unspecified atom stereocenters. The molecule has 0 spiro atoms. The number of hydrogen-bond acceptors (Lipinski definition) is 4. The van der Waals surface area contributed by atoms with Gasteiger partial charge in [-0.15, -0.1) is 0 Å². The summed E-state index contributed by atoms with van der Waals surface area (Å²) in [6, 6.07) is 0. The van der Waals surface area contributed by atoms with Crippen molar-refractivity contribution in [2.45, 2.75) is 25.8 Å². The summed E-state index contributed by atoms with van der Waals surface area (Å²) in [7, 11) is 1.87. The molecule has 2 aromatic heterocycles. The number of halogens is 1. The highest BCUT2D eigenvalue weighted by molar-refractivity contribution is 6.33. The zero-order valence-electron chi connectivity index (χ0n) is 10.4. The third-order valence-electron chi connectivity index (χ3n) is 3.41. The molecule has 1 aliphatic rings. The first-order valence-electron chi connectivity index (χ1n) is 6.30. The van der Waals surface area contributed by atoms with E-state index in [9.17, 15) is 0 Å². The number of hydrogen-bond donors (Lipinski definition) is 0. The molecule has 1 fully saturated rings. The highest BCUT2D eigenvalue weighted by Crippen LogP contribution is 2.20. The Kier molecular flexibility index (Phi) is 3.18. The zero-order valence-corrected chi connectivity index (χ0v) is 11.2. The summed E-state index contributed by atoms with van der Waals surface area (Å²) in [5.74, 6) is 0.790. The molecule has 0 amide bonds. The molecule has 96 valence electrons. The summed E-state index contributed by atoms with van der Waals surface area (Å²) in [4.78, 5) is 11.3. The Bertz CT molecular complexity index is 559. The van der Waals surface area contributed by atoms with E-state index < -0.39 is 0 Å². The molecule has 18 heavy (non-hydrogen) atoms. The number of rotatable bonds is 2. The van der Waals surface area contributed by atoms with Gasteiger partial charge in [0.15, 0.2) is 5.65 Å². The van der Waals surface area contributed by atoms with E-state index in [0.717, 1.165) is 36.5 Å². The van der Waals surface area contributed by atoms with Gasteiger partial charge in [0, 0.05) is 7.05 Å². The van der Waals surface area contributed by atoms with Crippen LogP contribution in [0.25, 0.3) is 11.0 Å². The molecule has 6 heteroatoms. The van der Waals surface area contributed by atoms with Crippen molar-refractivity contribution in [1.29, 1.82) is 0 Å². The van der Waals surface area contributed by atoms with Gasteiger partial charge in [0.25, 0.3) is 0 Å².